The van der Waals surface area contributed by atoms with Crippen LogP contribution in [0.5, 0.6) is 5.75 Å². The van der Waals surface area contributed by atoms with Gasteiger partial charge in [-0.15, -0.1) is 0 Å². The lowest BCUT2D eigenvalue weighted by molar-refractivity contribution is 0.400. The summed E-state index contributed by atoms with van der Waals surface area (Å²) in [5.41, 5.74) is 4.70. The molecular formula is C17H23N3O. The first-order valence-corrected chi connectivity index (χ1v) is 7.05. The smallest absolute Gasteiger partial charge is 0.141 e. The van der Waals surface area contributed by atoms with Crippen LogP contribution in [0.2, 0.25) is 0 Å². The lowest BCUT2D eigenvalue weighted by atomic mass is 10.1. The van der Waals surface area contributed by atoms with Gasteiger partial charge < -0.3 is 15.0 Å². The Morgan fingerprint density at radius 3 is 2.71 bits per heavy atom. The number of nitrogens with zero attached hydrogens (tertiary/aromatic N) is 2. The van der Waals surface area contributed by atoms with E-state index < -0.39 is 0 Å². The number of benzene rings is 1. The van der Waals surface area contributed by atoms with Crippen molar-refractivity contribution in [3.05, 3.63) is 53.3 Å². The molecule has 1 heterocycles. The SMILES string of the molecule is COc1ccc(CN(C)C)cc1NCc1cnccc1C. The van der Waals surface area contributed by atoms with Crippen molar-refractivity contribution in [2.45, 2.75) is 20.0 Å². The molecule has 2 aromatic rings. The molecule has 0 spiro atoms. The number of rotatable bonds is 6. The van der Waals surface area contributed by atoms with Crippen molar-refractivity contribution in [1.29, 1.82) is 0 Å². The molecule has 0 unspecified atom stereocenters. The fourth-order valence-corrected chi connectivity index (χ4v) is 2.23. The zero-order chi connectivity index (χ0) is 15.2. The van der Waals surface area contributed by atoms with E-state index in [-0.39, 0.29) is 0 Å². The van der Waals surface area contributed by atoms with Gasteiger partial charge in [0.25, 0.3) is 0 Å². The van der Waals surface area contributed by atoms with E-state index in [1.807, 2.05) is 24.5 Å². The van der Waals surface area contributed by atoms with Gasteiger partial charge in [-0.25, -0.2) is 0 Å². The first-order valence-electron chi connectivity index (χ1n) is 7.05. The number of ether oxygens (including phenoxy) is 1. The largest absolute Gasteiger partial charge is 0.495 e. The second kappa shape index (κ2) is 7.09. The minimum Gasteiger partial charge on any atom is -0.495 e. The predicted molar refractivity (Wildman–Crippen MR) is 86.7 cm³/mol. The normalized spacial score (nSPS) is 10.7. The first-order chi connectivity index (χ1) is 10.1. The molecule has 112 valence electrons. The summed E-state index contributed by atoms with van der Waals surface area (Å²) >= 11 is 0. The van der Waals surface area contributed by atoms with E-state index in [2.05, 4.69) is 48.4 Å². The molecule has 0 bridgehead atoms. The van der Waals surface area contributed by atoms with Crippen LogP contribution in [0.1, 0.15) is 16.7 Å². The Morgan fingerprint density at radius 2 is 2.05 bits per heavy atom. The molecule has 2 rings (SSSR count). The molecule has 0 radical (unpaired) electrons. The van der Waals surface area contributed by atoms with Gasteiger partial charge in [0.2, 0.25) is 0 Å². The number of aryl methyl sites for hydroxylation is 1. The summed E-state index contributed by atoms with van der Waals surface area (Å²) in [5, 5.41) is 3.45. The molecule has 21 heavy (non-hydrogen) atoms. The Morgan fingerprint density at radius 1 is 1.24 bits per heavy atom. The van der Waals surface area contributed by atoms with Gasteiger partial charge in [0.05, 0.1) is 12.8 Å². The highest BCUT2D eigenvalue weighted by atomic mass is 16.5. The van der Waals surface area contributed by atoms with Crippen molar-refractivity contribution in [3.8, 4) is 5.75 Å². The number of pyridine rings is 1. The summed E-state index contributed by atoms with van der Waals surface area (Å²) in [4.78, 5) is 6.33. The van der Waals surface area contributed by atoms with Gasteiger partial charge in [-0.3, -0.25) is 4.98 Å². The van der Waals surface area contributed by atoms with Crippen molar-refractivity contribution in [3.63, 3.8) is 0 Å². The standard InChI is InChI=1S/C17H23N3O/c1-13-7-8-18-10-15(13)11-19-16-9-14(12-20(2)3)5-6-17(16)21-4/h5-10,19H,11-12H2,1-4H3. The summed E-state index contributed by atoms with van der Waals surface area (Å²) in [5.74, 6) is 0.860. The van der Waals surface area contributed by atoms with Crippen molar-refractivity contribution >= 4 is 5.69 Å². The Kier molecular flexibility index (Phi) is 5.17. The average molecular weight is 285 g/mol. The Bertz CT molecular complexity index is 596. The number of aromatic nitrogens is 1. The topological polar surface area (TPSA) is 37.4 Å². The number of anilines is 1. The van der Waals surface area contributed by atoms with Crippen LogP contribution in [0.25, 0.3) is 0 Å². The molecule has 0 saturated carbocycles. The van der Waals surface area contributed by atoms with Crippen molar-refractivity contribution in [2.75, 3.05) is 26.5 Å². The molecular weight excluding hydrogens is 262 g/mol. The van der Waals surface area contributed by atoms with E-state index in [9.17, 15) is 0 Å². The molecule has 1 aromatic carbocycles. The minimum absolute atomic E-state index is 0.738. The van der Waals surface area contributed by atoms with Crippen LogP contribution in [0.3, 0.4) is 0 Å². The third kappa shape index (κ3) is 4.20. The van der Waals surface area contributed by atoms with E-state index in [0.29, 0.717) is 0 Å². The first kappa shape index (κ1) is 15.3. The zero-order valence-electron chi connectivity index (χ0n) is 13.2. The Balaban J connectivity index is 2.15. The average Bonchev–Trinajstić information content (AvgIpc) is 2.46. The molecule has 0 aliphatic rings. The van der Waals surface area contributed by atoms with Crippen molar-refractivity contribution in [1.82, 2.24) is 9.88 Å². The summed E-state index contributed by atoms with van der Waals surface area (Å²) in [7, 11) is 5.83. The summed E-state index contributed by atoms with van der Waals surface area (Å²) in [6.07, 6.45) is 3.72. The summed E-state index contributed by atoms with van der Waals surface area (Å²) < 4.78 is 5.43. The van der Waals surface area contributed by atoms with E-state index in [1.165, 1.54) is 16.7 Å². The van der Waals surface area contributed by atoms with Gasteiger partial charge in [-0.1, -0.05) is 6.07 Å². The van der Waals surface area contributed by atoms with E-state index in [1.54, 1.807) is 7.11 Å². The maximum Gasteiger partial charge on any atom is 0.141 e. The van der Waals surface area contributed by atoms with Crippen molar-refractivity contribution < 1.29 is 4.74 Å². The highest BCUT2D eigenvalue weighted by molar-refractivity contribution is 5.58. The van der Waals surface area contributed by atoms with Crippen LogP contribution in [-0.2, 0) is 13.1 Å². The van der Waals surface area contributed by atoms with Gasteiger partial charge in [0, 0.05) is 25.5 Å². The Hall–Kier alpha value is -2.07. The summed E-state index contributed by atoms with van der Waals surface area (Å²) in [6.45, 7) is 3.74. The maximum atomic E-state index is 5.43. The van der Waals surface area contributed by atoms with Crippen LogP contribution >= 0.6 is 0 Å². The lowest BCUT2D eigenvalue weighted by Crippen LogP contribution is -2.11. The summed E-state index contributed by atoms with van der Waals surface area (Å²) in [6, 6.07) is 8.28. The Labute approximate surface area is 126 Å². The molecule has 0 saturated heterocycles. The molecule has 1 aromatic heterocycles. The monoisotopic (exact) mass is 285 g/mol. The number of hydrogen-bond acceptors (Lipinski definition) is 4. The second-order valence-corrected chi connectivity index (χ2v) is 5.43. The van der Waals surface area contributed by atoms with Crippen LogP contribution in [0.15, 0.2) is 36.7 Å². The lowest BCUT2D eigenvalue weighted by Gasteiger charge is -2.15. The van der Waals surface area contributed by atoms with Gasteiger partial charge in [0.15, 0.2) is 0 Å². The van der Waals surface area contributed by atoms with E-state index in [0.717, 1.165) is 24.5 Å². The molecule has 1 N–H and O–H groups in total. The second-order valence-electron chi connectivity index (χ2n) is 5.43. The van der Waals surface area contributed by atoms with Crippen LogP contribution in [0.4, 0.5) is 5.69 Å². The van der Waals surface area contributed by atoms with Crippen LogP contribution in [0, 0.1) is 6.92 Å². The van der Waals surface area contributed by atoms with E-state index in [4.69, 9.17) is 4.74 Å². The van der Waals surface area contributed by atoms with Crippen molar-refractivity contribution in [2.24, 2.45) is 0 Å². The fraction of sp³-hybridized carbons (Fsp3) is 0.353. The minimum atomic E-state index is 0.738. The zero-order valence-corrected chi connectivity index (χ0v) is 13.2. The number of hydrogen-bond donors (Lipinski definition) is 1. The van der Waals surface area contributed by atoms with Gasteiger partial charge in [-0.05, 0) is 55.9 Å². The number of methoxy groups -OCH3 is 1. The molecule has 0 aliphatic carbocycles. The molecule has 0 aliphatic heterocycles. The molecule has 0 amide bonds. The highest BCUT2D eigenvalue weighted by Gasteiger charge is 2.06. The van der Waals surface area contributed by atoms with Gasteiger partial charge >= 0.3 is 0 Å². The van der Waals surface area contributed by atoms with Crippen LogP contribution < -0.4 is 10.1 Å². The third-order valence-electron chi connectivity index (χ3n) is 3.38. The number of nitrogens with one attached hydrogen (secondary N) is 1. The van der Waals surface area contributed by atoms with Gasteiger partial charge in [-0.2, -0.15) is 0 Å². The molecule has 4 nitrogen and oxygen atoms in total. The molecule has 0 atom stereocenters. The predicted octanol–water partition coefficient (Wildman–Crippen LogP) is 3.07. The fourth-order valence-electron chi connectivity index (χ4n) is 2.23. The van der Waals surface area contributed by atoms with Gasteiger partial charge in [0.1, 0.15) is 5.75 Å². The quantitative estimate of drug-likeness (QED) is 0.885. The molecule has 0 fully saturated rings. The third-order valence-corrected chi connectivity index (χ3v) is 3.38. The maximum absolute atomic E-state index is 5.43. The van der Waals surface area contributed by atoms with E-state index >= 15 is 0 Å². The highest BCUT2D eigenvalue weighted by Crippen LogP contribution is 2.26. The molecule has 4 heteroatoms. The van der Waals surface area contributed by atoms with Crippen LogP contribution in [-0.4, -0.2) is 31.1 Å².